The van der Waals surface area contributed by atoms with Crippen LogP contribution in [-0.2, 0) is 14.8 Å². The summed E-state index contributed by atoms with van der Waals surface area (Å²) in [5.74, 6) is -0.581. The number of carbonyl (C=O) groups excluding carboxylic acids is 1. The summed E-state index contributed by atoms with van der Waals surface area (Å²) in [4.78, 5) is 11.5. The summed E-state index contributed by atoms with van der Waals surface area (Å²) in [5, 5.41) is 0. The van der Waals surface area contributed by atoms with Crippen LogP contribution in [0.2, 0.25) is 0 Å². The summed E-state index contributed by atoms with van der Waals surface area (Å²) < 4.78 is 33.0. The summed E-state index contributed by atoms with van der Waals surface area (Å²) >= 11 is 2.16. The standard InChI is InChI=1S/C15H14INO4S/c1-10-8-12(16)6-7-14(10)17-22(19,20)13-5-3-4-11(9-13)15(18)21-2/h3-9,17H,1-2H3. The van der Waals surface area contributed by atoms with Crippen LogP contribution in [0.3, 0.4) is 0 Å². The highest BCUT2D eigenvalue weighted by molar-refractivity contribution is 14.1. The Morgan fingerprint density at radius 2 is 1.91 bits per heavy atom. The van der Waals surface area contributed by atoms with Crippen LogP contribution in [0, 0.1) is 10.5 Å². The quantitative estimate of drug-likeness (QED) is 0.597. The first-order chi connectivity index (χ1) is 10.3. The van der Waals surface area contributed by atoms with Crippen LogP contribution in [0.4, 0.5) is 5.69 Å². The maximum atomic E-state index is 12.4. The number of aryl methyl sites for hydroxylation is 1. The molecule has 2 rings (SSSR count). The molecule has 0 radical (unpaired) electrons. The molecule has 116 valence electrons. The second kappa shape index (κ2) is 6.66. The van der Waals surface area contributed by atoms with E-state index in [2.05, 4.69) is 32.0 Å². The van der Waals surface area contributed by atoms with Crippen molar-refractivity contribution in [1.82, 2.24) is 0 Å². The number of hydrogen-bond donors (Lipinski definition) is 1. The average Bonchev–Trinajstić information content (AvgIpc) is 2.49. The van der Waals surface area contributed by atoms with Gasteiger partial charge in [-0.2, -0.15) is 0 Å². The lowest BCUT2D eigenvalue weighted by molar-refractivity contribution is 0.0600. The van der Waals surface area contributed by atoms with Crippen molar-refractivity contribution in [1.29, 1.82) is 0 Å². The van der Waals surface area contributed by atoms with Gasteiger partial charge in [0, 0.05) is 3.57 Å². The van der Waals surface area contributed by atoms with Gasteiger partial charge in [0.2, 0.25) is 0 Å². The molecule has 0 bridgehead atoms. The van der Waals surface area contributed by atoms with Crippen molar-refractivity contribution in [2.45, 2.75) is 11.8 Å². The molecule has 2 aromatic carbocycles. The Kier molecular flexibility index (Phi) is 5.07. The number of esters is 1. The number of methoxy groups -OCH3 is 1. The molecule has 5 nitrogen and oxygen atoms in total. The lowest BCUT2D eigenvalue weighted by atomic mass is 10.2. The van der Waals surface area contributed by atoms with Crippen molar-refractivity contribution in [2.75, 3.05) is 11.8 Å². The number of ether oxygens (including phenoxy) is 1. The van der Waals surface area contributed by atoms with Crippen LogP contribution >= 0.6 is 22.6 Å². The molecule has 1 N–H and O–H groups in total. The van der Waals surface area contributed by atoms with Gasteiger partial charge in [0.05, 0.1) is 23.3 Å². The van der Waals surface area contributed by atoms with Crippen molar-refractivity contribution in [3.8, 4) is 0 Å². The van der Waals surface area contributed by atoms with Gasteiger partial charge >= 0.3 is 5.97 Å². The van der Waals surface area contributed by atoms with Gasteiger partial charge in [0.15, 0.2) is 0 Å². The molecule has 0 amide bonds. The van der Waals surface area contributed by atoms with Crippen LogP contribution in [-0.4, -0.2) is 21.5 Å². The molecule has 0 unspecified atom stereocenters. The van der Waals surface area contributed by atoms with Crippen molar-refractivity contribution < 1.29 is 17.9 Å². The van der Waals surface area contributed by atoms with Crippen molar-refractivity contribution >= 4 is 44.3 Å². The van der Waals surface area contributed by atoms with Crippen molar-refractivity contribution in [3.63, 3.8) is 0 Å². The number of benzene rings is 2. The number of hydrogen-bond acceptors (Lipinski definition) is 4. The van der Waals surface area contributed by atoms with Crippen LogP contribution in [0.1, 0.15) is 15.9 Å². The zero-order valence-corrected chi connectivity index (χ0v) is 14.9. The smallest absolute Gasteiger partial charge is 0.337 e. The van der Waals surface area contributed by atoms with Crippen molar-refractivity contribution in [3.05, 3.63) is 57.2 Å². The molecule has 0 fully saturated rings. The Morgan fingerprint density at radius 3 is 2.55 bits per heavy atom. The number of rotatable bonds is 4. The molecule has 0 saturated heterocycles. The minimum atomic E-state index is -3.77. The second-order valence-electron chi connectivity index (χ2n) is 4.58. The van der Waals surface area contributed by atoms with E-state index < -0.39 is 16.0 Å². The van der Waals surface area contributed by atoms with E-state index in [0.29, 0.717) is 5.69 Å². The number of nitrogens with one attached hydrogen (secondary N) is 1. The first-order valence-electron chi connectivity index (χ1n) is 6.31. The van der Waals surface area contributed by atoms with E-state index in [1.807, 2.05) is 19.1 Å². The van der Waals surface area contributed by atoms with Gasteiger partial charge in [-0.1, -0.05) is 6.07 Å². The van der Waals surface area contributed by atoms with Gasteiger partial charge < -0.3 is 4.74 Å². The van der Waals surface area contributed by atoms with E-state index in [4.69, 9.17) is 0 Å². The van der Waals surface area contributed by atoms with Gasteiger partial charge in [-0.15, -0.1) is 0 Å². The SMILES string of the molecule is COC(=O)c1cccc(S(=O)(=O)Nc2ccc(I)cc2C)c1. The van der Waals surface area contributed by atoms with Gasteiger partial charge in [0.1, 0.15) is 0 Å². The Bertz CT molecular complexity index is 818. The maximum Gasteiger partial charge on any atom is 0.337 e. The van der Waals surface area contributed by atoms with Crippen LogP contribution in [0.15, 0.2) is 47.4 Å². The highest BCUT2D eigenvalue weighted by Crippen LogP contribution is 2.22. The van der Waals surface area contributed by atoms with E-state index in [0.717, 1.165) is 9.13 Å². The average molecular weight is 431 g/mol. The van der Waals surface area contributed by atoms with E-state index in [1.165, 1.54) is 31.4 Å². The van der Waals surface area contributed by atoms with Crippen LogP contribution in [0.5, 0.6) is 0 Å². The molecule has 2 aromatic rings. The van der Waals surface area contributed by atoms with Crippen molar-refractivity contribution in [2.24, 2.45) is 0 Å². The topological polar surface area (TPSA) is 72.5 Å². The van der Waals surface area contributed by atoms with E-state index >= 15 is 0 Å². The summed E-state index contributed by atoms with van der Waals surface area (Å²) in [6, 6.07) is 11.1. The highest BCUT2D eigenvalue weighted by atomic mass is 127. The predicted molar refractivity (Wildman–Crippen MR) is 92.5 cm³/mol. The lowest BCUT2D eigenvalue weighted by Crippen LogP contribution is -2.14. The predicted octanol–water partition coefficient (Wildman–Crippen LogP) is 3.19. The molecule has 22 heavy (non-hydrogen) atoms. The van der Waals surface area contributed by atoms with E-state index in [-0.39, 0.29) is 10.5 Å². The fraction of sp³-hybridized carbons (Fsp3) is 0.133. The monoisotopic (exact) mass is 431 g/mol. The molecular formula is C15H14INO4S. The fourth-order valence-corrected chi connectivity index (χ4v) is 3.68. The van der Waals surface area contributed by atoms with Crippen LogP contribution in [0.25, 0.3) is 0 Å². The number of carbonyl (C=O) groups is 1. The third-order valence-electron chi connectivity index (χ3n) is 3.00. The molecule has 0 heterocycles. The van der Waals surface area contributed by atoms with Crippen LogP contribution < -0.4 is 4.72 Å². The number of sulfonamides is 1. The summed E-state index contributed by atoms with van der Waals surface area (Å²) in [7, 11) is -2.53. The van der Waals surface area contributed by atoms with E-state index in [1.54, 1.807) is 6.07 Å². The third kappa shape index (κ3) is 3.77. The lowest BCUT2D eigenvalue weighted by Gasteiger charge is -2.11. The molecule has 0 spiro atoms. The molecule has 0 aliphatic heterocycles. The maximum absolute atomic E-state index is 12.4. The summed E-state index contributed by atoms with van der Waals surface area (Å²) in [6.07, 6.45) is 0. The Hall–Kier alpha value is -1.61. The van der Waals surface area contributed by atoms with Gasteiger partial charge in [-0.25, -0.2) is 13.2 Å². The first kappa shape index (κ1) is 16.8. The number of anilines is 1. The molecule has 0 atom stereocenters. The minimum Gasteiger partial charge on any atom is -0.465 e. The molecule has 0 aromatic heterocycles. The second-order valence-corrected chi connectivity index (χ2v) is 7.51. The third-order valence-corrected chi connectivity index (χ3v) is 5.03. The van der Waals surface area contributed by atoms with E-state index in [9.17, 15) is 13.2 Å². The minimum absolute atomic E-state index is 0.00773. The Labute approximate surface area is 142 Å². The molecule has 0 aliphatic carbocycles. The molecule has 7 heteroatoms. The summed E-state index contributed by atoms with van der Waals surface area (Å²) in [6.45, 7) is 1.82. The Morgan fingerprint density at radius 1 is 1.18 bits per heavy atom. The number of halogens is 1. The first-order valence-corrected chi connectivity index (χ1v) is 8.87. The van der Waals surface area contributed by atoms with Gasteiger partial charge in [-0.3, -0.25) is 4.72 Å². The molecule has 0 aliphatic rings. The van der Waals surface area contributed by atoms with Gasteiger partial charge in [0.25, 0.3) is 10.0 Å². The molecule has 0 saturated carbocycles. The highest BCUT2D eigenvalue weighted by Gasteiger charge is 2.17. The normalized spacial score (nSPS) is 11.0. The zero-order valence-electron chi connectivity index (χ0n) is 12.0. The summed E-state index contributed by atoms with van der Waals surface area (Å²) in [5.41, 5.74) is 1.51. The largest absolute Gasteiger partial charge is 0.465 e. The fourth-order valence-electron chi connectivity index (χ4n) is 1.85. The zero-order chi connectivity index (χ0) is 16.3. The Balaban J connectivity index is 2.36. The molecular weight excluding hydrogens is 417 g/mol. The van der Waals surface area contributed by atoms with Gasteiger partial charge in [-0.05, 0) is 71.5 Å².